The van der Waals surface area contributed by atoms with Gasteiger partial charge in [0.2, 0.25) is 0 Å². The fourth-order valence-electron chi connectivity index (χ4n) is 12.9. The van der Waals surface area contributed by atoms with Gasteiger partial charge in [-0.3, -0.25) is 4.79 Å². The Morgan fingerprint density at radius 3 is 2.36 bits per heavy atom. The number of fused-ring (bicyclic) bond motifs is 4. The van der Waals surface area contributed by atoms with E-state index in [0.717, 1.165) is 32.1 Å². The molecule has 2 spiro atoms. The van der Waals surface area contributed by atoms with Gasteiger partial charge in [0, 0.05) is 30.8 Å². The van der Waals surface area contributed by atoms with Crippen LogP contribution in [0.2, 0.25) is 0 Å². The number of nitrogens with one attached hydrogen (secondary N) is 1. The first kappa shape index (κ1) is 32.5. The third-order valence-corrected chi connectivity index (χ3v) is 14.8. The van der Waals surface area contributed by atoms with E-state index >= 15 is 0 Å². The Kier molecular flexibility index (Phi) is 7.60. The summed E-state index contributed by atoms with van der Waals surface area (Å²) >= 11 is 0. The molecule has 9 nitrogen and oxygen atoms in total. The molecule has 1 amide bonds. The maximum atomic E-state index is 12.5. The highest BCUT2D eigenvalue weighted by Gasteiger charge is 2.84. The molecule has 5 saturated carbocycles. The molecule has 1 saturated heterocycles. The average Bonchev–Trinajstić information content (AvgIpc) is 3.56. The molecule has 1 heterocycles. The van der Waals surface area contributed by atoms with Crippen LogP contribution in [0.15, 0.2) is 0 Å². The molecule has 13 atom stereocenters. The summed E-state index contributed by atoms with van der Waals surface area (Å²) in [6.07, 6.45) is 5.39. The second kappa shape index (κ2) is 10.3. The Morgan fingerprint density at radius 2 is 1.73 bits per heavy atom. The standard InChI is InChI=1S/C35H58N2O7/c1-19-17-21(28(31(5,6)41)42-20(2)38)43-26-25(19)32(7)13-14-35-18-34(35)12-11-24(44-29(40)37-16-15-36)30(3,4)22(34)9-10-23(35)33(32,8)27(26)39/h19,21-28,39,41H,9-18,36H2,1-8H3,(H,37,40)/t19-,21?,22+,23?,24?,25?,26?,27+,28?,32?,33-,34?,35?/m1/s1. The van der Waals surface area contributed by atoms with Crippen LogP contribution in [-0.2, 0) is 19.0 Å². The SMILES string of the molecule is CC(=O)OC(C1C[C@@H](C)C2C(O1)[C@H](O)[C@@]1(C)C3CC[C@H]4C(C)(C)C(OC(=O)NCCN)CCC45CC35CCC21C)C(C)(C)O. The summed E-state index contributed by atoms with van der Waals surface area (Å²) in [6.45, 7) is 17.1. The summed E-state index contributed by atoms with van der Waals surface area (Å²) in [4.78, 5) is 24.6. The highest BCUT2D eigenvalue weighted by molar-refractivity contribution is 5.67. The number of carbonyl (C=O) groups excluding carboxylic acids is 2. The first-order chi connectivity index (χ1) is 20.4. The van der Waals surface area contributed by atoms with Gasteiger partial charge in [0.1, 0.15) is 6.10 Å². The number of amides is 1. The third kappa shape index (κ3) is 4.23. The van der Waals surface area contributed by atoms with E-state index in [-0.39, 0.29) is 57.2 Å². The summed E-state index contributed by atoms with van der Waals surface area (Å²) in [5.41, 5.74) is 4.19. The van der Waals surface area contributed by atoms with E-state index in [0.29, 0.717) is 31.3 Å². The topological polar surface area (TPSA) is 140 Å². The molecule has 9 unspecified atom stereocenters. The molecule has 5 N–H and O–H groups in total. The quantitative estimate of drug-likeness (QED) is 0.318. The lowest BCUT2D eigenvalue weighted by Gasteiger charge is -2.63. The molecule has 1 aliphatic heterocycles. The molecule has 6 aliphatic rings. The van der Waals surface area contributed by atoms with Crippen LogP contribution in [0.1, 0.15) is 107 Å². The fraction of sp³-hybridized carbons (Fsp3) is 0.943. The normalized spacial score (nSPS) is 49.2. The minimum atomic E-state index is -1.27. The number of hydrogen-bond acceptors (Lipinski definition) is 8. The van der Waals surface area contributed by atoms with Crippen molar-refractivity contribution in [2.75, 3.05) is 13.1 Å². The molecular weight excluding hydrogens is 560 g/mol. The summed E-state index contributed by atoms with van der Waals surface area (Å²) in [7, 11) is 0. The number of ether oxygens (including phenoxy) is 3. The Labute approximate surface area is 263 Å². The molecule has 44 heavy (non-hydrogen) atoms. The molecule has 6 fully saturated rings. The lowest BCUT2D eigenvalue weighted by atomic mass is 9.41. The van der Waals surface area contributed by atoms with Gasteiger partial charge in [-0.1, -0.05) is 34.6 Å². The van der Waals surface area contributed by atoms with E-state index in [1.807, 2.05) is 0 Å². The van der Waals surface area contributed by atoms with Gasteiger partial charge in [0.25, 0.3) is 0 Å². The first-order valence-corrected chi connectivity index (χ1v) is 17.3. The summed E-state index contributed by atoms with van der Waals surface area (Å²) in [5.74, 6) is 0.857. The molecular formula is C35H58N2O7. The Bertz CT molecular complexity index is 1170. The van der Waals surface area contributed by atoms with Crippen molar-refractivity contribution in [2.45, 2.75) is 143 Å². The molecule has 6 rings (SSSR count). The second-order valence-corrected chi connectivity index (χ2v) is 17.3. The van der Waals surface area contributed by atoms with E-state index in [1.165, 1.54) is 19.8 Å². The molecule has 0 aromatic carbocycles. The third-order valence-electron chi connectivity index (χ3n) is 14.8. The number of nitrogens with two attached hydrogens (primary N) is 1. The van der Waals surface area contributed by atoms with Crippen LogP contribution in [0.5, 0.6) is 0 Å². The van der Waals surface area contributed by atoms with Gasteiger partial charge in [0.05, 0.1) is 23.9 Å². The minimum absolute atomic E-state index is 0.0867. The Morgan fingerprint density at radius 1 is 1.07 bits per heavy atom. The van der Waals surface area contributed by atoms with Gasteiger partial charge in [0.15, 0.2) is 6.10 Å². The zero-order valence-electron chi connectivity index (χ0n) is 28.3. The van der Waals surface area contributed by atoms with Crippen molar-refractivity contribution in [1.29, 1.82) is 0 Å². The Hall–Kier alpha value is -1.42. The van der Waals surface area contributed by atoms with Crippen LogP contribution in [0.4, 0.5) is 4.79 Å². The molecule has 0 aromatic heterocycles. The minimum Gasteiger partial charge on any atom is -0.457 e. The van der Waals surface area contributed by atoms with Crippen LogP contribution >= 0.6 is 0 Å². The van der Waals surface area contributed by atoms with Gasteiger partial charge in [-0.15, -0.1) is 0 Å². The number of carbonyl (C=O) groups is 2. The number of rotatable bonds is 6. The maximum absolute atomic E-state index is 12.5. The number of aliphatic hydroxyl groups is 2. The molecule has 5 aliphatic carbocycles. The zero-order chi connectivity index (χ0) is 32.3. The largest absolute Gasteiger partial charge is 0.457 e. The summed E-state index contributed by atoms with van der Waals surface area (Å²) in [6, 6.07) is 0. The van der Waals surface area contributed by atoms with Crippen molar-refractivity contribution < 1.29 is 34.0 Å². The lowest BCUT2D eigenvalue weighted by molar-refractivity contribution is -0.216. The second-order valence-electron chi connectivity index (χ2n) is 17.3. The van der Waals surface area contributed by atoms with Crippen LogP contribution < -0.4 is 11.1 Å². The van der Waals surface area contributed by atoms with Crippen molar-refractivity contribution in [2.24, 2.45) is 56.5 Å². The average molecular weight is 619 g/mol. The number of alkyl carbamates (subject to hydrolysis) is 1. The van der Waals surface area contributed by atoms with Crippen LogP contribution in [0, 0.1) is 50.7 Å². The predicted octanol–water partition coefficient (Wildman–Crippen LogP) is 4.56. The molecule has 0 radical (unpaired) electrons. The van der Waals surface area contributed by atoms with E-state index < -0.39 is 29.9 Å². The van der Waals surface area contributed by atoms with Gasteiger partial charge >= 0.3 is 12.1 Å². The number of aliphatic hydroxyl groups excluding tert-OH is 1. The van der Waals surface area contributed by atoms with Crippen molar-refractivity contribution in [3.05, 3.63) is 0 Å². The first-order valence-electron chi connectivity index (χ1n) is 17.3. The monoisotopic (exact) mass is 618 g/mol. The zero-order valence-corrected chi connectivity index (χ0v) is 28.3. The van der Waals surface area contributed by atoms with Gasteiger partial charge < -0.3 is 35.5 Å². The Balaban J connectivity index is 1.27. The van der Waals surface area contributed by atoms with E-state index in [1.54, 1.807) is 13.8 Å². The van der Waals surface area contributed by atoms with Crippen LogP contribution in [0.3, 0.4) is 0 Å². The van der Waals surface area contributed by atoms with Gasteiger partial charge in [-0.2, -0.15) is 0 Å². The molecule has 0 bridgehead atoms. The van der Waals surface area contributed by atoms with E-state index in [2.05, 4.69) is 39.9 Å². The van der Waals surface area contributed by atoms with Crippen molar-refractivity contribution in [3.63, 3.8) is 0 Å². The predicted molar refractivity (Wildman–Crippen MR) is 165 cm³/mol. The highest BCUT2D eigenvalue weighted by atomic mass is 16.6. The molecule has 9 heteroatoms. The van der Waals surface area contributed by atoms with Gasteiger partial charge in [-0.25, -0.2) is 4.79 Å². The maximum Gasteiger partial charge on any atom is 0.407 e. The van der Waals surface area contributed by atoms with E-state index in [9.17, 15) is 19.8 Å². The van der Waals surface area contributed by atoms with E-state index in [4.69, 9.17) is 19.9 Å². The fourth-order valence-corrected chi connectivity index (χ4v) is 12.9. The number of hydrogen-bond donors (Lipinski definition) is 4. The van der Waals surface area contributed by atoms with Crippen molar-refractivity contribution >= 4 is 12.1 Å². The molecule has 0 aromatic rings. The summed E-state index contributed by atoms with van der Waals surface area (Å²) in [5, 5.41) is 26.2. The van der Waals surface area contributed by atoms with Crippen molar-refractivity contribution in [3.8, 4) is 0 Å². The van der Waals surface area contributed by atoms with Crippen LogP contribution in [0.25, 0.3) is 0 Å². The lowest BCUT2D eigenvalue weighted by Crippen LogP contribution is -2.60. The van der Waals surface area contributed by atoms with Crippen LogP contribution in [-0.4, -0.2) is 71.5 Å². The summed E-state index contributed by atoms with van der Waals surface area (Å²) < 4.78 is 18.5. The smallest absolute Gasteiger partial charge is 0.407 e. The number of esters is 1. The van der Waals surface area contributed by atoms with Crippen molar-refractivity contribution in [1.82, 2.24) is 5.32 Å². The van der Waals surface area contributed by atoms with Gasteiger partial charge in [-0.05, 0) is 105 Å². The molecule has 250 valence electrons. The highest BCUT2D eigenvalue weighted by Crippen LogP contribution is 2.89.